The molecule has 1 N–H and O–H groups in total. The summed E-state index contributed by atoms with van der Waals surface area (Å²) in [6, 6.07) is 13.9. The van der Waals surface area contributed by atoms with Crippen molar-refractivity contribution in [2.24, 2.45) is 0 Å². The van der Waals surface area contributed by atoms with E-state index in [1.165, 1.54) is 17.0 Å². The topological polar surface area (TPSA) is 82.5 Å². The second kappa shape index (κ2) is 7.74. The Labute approximate surface area is 165 Å². The lowest BCUT2D eigenvalue weighted by Gasteiger charge is -2.09. The summed E-state index contributed by atoms with van der Waals surface area (Å²) in [5.41, 5.74) is 1.87. The minimum atomic E-state index is -0.307. The predicted molar refractivity (Wildman–Crippen MR) is 103 cm³/mol. The van der Waals surface area contributed by atoms with Crippen LogP contribution in [0.3, 0.4) is 0 Å². The highest BCUT2D eigenvalue weighted by Crippen LogP contribution is 2.32. The number of carbonyl (C=O) groups excluding carboxylic acids is 1. The summed E-state index contributed by atoms with van der Waals surface area (Å²) in [5, 5.41) is 3.39. The Bertz CT molecular complexity index is 1080. The molecule has 0 bridgehead atoms. The number of aromatic nitrogens is 2. The van der Waals surface area contributed by atoms with Crippen LogP contribution in [0, 0.1) is 0 Å². The molecule has 2 aromatic carbocycles. The lowest BCUT2D eigenvalue weighted by atomic mass is 10.1. The molecule has 1 aromatic heterocycles. The van der Waals surface area contributed by atoms with E-state index < -0.39 is 0 Å². The lowest BCUT2D eigenvalue weighted by molar-refractivity contribution is -0.121. The first-order valence-corrected chi connectivity index (χ1v) is 8.94. The van der Waals surface area contributed by atoms with E-state index in [4.69, 9.17) is 21.1 Å². The molecule has 1 aliphatic rings. The number of halogens is 1. The van der Waals surface area contributed by atoms with Gasteiger partial charge in [-0.05, 0) is 29.8 Å². The van der Waals surface area contributed by atoms with Crippen molar-refractivity contribution in [2.75, 3.05) is 6.79 Å². The van der Waals surface area contributed by atoms with Gasteiger partial charge in [-0.1, -0.05) is 29.8 Å². The van der Waals surface area contributed by atoms with E-state index in [-0.39, 0.29) is 24.8 Å². The Kier molecular flexibility index (Phi) is 4.99. The smallest absolute Gasteiger partial charge is 0.254 e. The number of hydrogen-bond acceptors (Lipinski definition) is 5. The third-order valence-electron chi connectivity index (χ3n) is 4.26. The molecule has 7 nitrogen and oxygen atoms in total. The molecule has 2 heterocycles. The van der Waals surface area contributed by atoms with Crippen LogP contribution in [0.4, 0.5) is 0 Å². The number of nitrogens with one attached hydrogen (secondary N) is 1. The van der Waals surface area contributed by atoms with Crippen molar-refractivity contribution < 1.29 is 14.3 Å². The molecule has 3 aromatic rings. The maximum absolute atomic E-state index is 12.3. The van der Waals surface area contributed by atoms with Crippen LogP contribution >= 0.6 is 11.6 Å². The Hall–Kier alpha value is -3.32. The van der Waals surface area contributed by atoms with Crippen molar-refractivity contribution in [2.45, 2.75) is 13.1 Å². The van der Waals surface area contributed by atoms with Gasteiger partial charge in [0.15, 0.2) is 11.5 Å². The zero-order valence-corrected chi connectivity index (χ0v) is 15.5. The average Bonchev–Trinajstić information content (AvgIpc) is 3.16. The van der Waals surface area contributed by atoms with Gasteiger partial charge in [-0.25, -0.2) is 4.98 Å². The monoisotopic (exact) mass is 397 g/mol. The van der Waals surface area contributed by atoms with Gasteiger partial charge >= 0.3 is 0 Å². The van der Waals surface area contributed by atoms with E-state index in [0.29, 0.717) is 28.8 Å². The van der Waals surface area contributed by atoms with Crippen LogP contribution in [0.5, 0.6) is 11.5 Å². The van der Waals surface area contributed by atoms with Crippen molar-refractivity contribution in [3.05, 3.63) is 75.8 Å². The number of rotatable bonds is 5. The number of nitrogens with zero attached hydrogens (tertiary/aromatic N) is 2. The number of hydrogen-bond donors (Lipinski definition) is 1. The van der Waals surface area contributed by atoms with Crippen LogP contribution in [0.25, 0.3) is 11.3 Å². The van der Waals surface area contributed by atoms with Crippen LogP contribution < -0.4 is 20.3 Å². The Morgan fingerprint density at radius 1 is 1.11 bits per heavy atom. The van der Waals surface area contributed by atoms with Gasteiger partial charge in [-0.15, -0.1) is 0 Å². The van der Waals surface area contributed by atoms with Gasteiger partial charge < -0.3 is 14.8 Å². The number of carbonyl (C=O) groups is 1. The minimum absolute atomic E-state index is 0.114. The Morgan fingerprint density at radius 3 is 2.68 bits per heavy atom. The van der Waals surface area contributed by atoms with E-state index in [2.05, 4.69) is 10.3 Å². The number of ether oxygens (including phenoxy) is 2. The quantitative estimate of drug-likeness (QED) is 0.715. The summed E-state index contributed by atoms with van der Waals surface area (Å²) in [6.45, 7) is 0.408. The zero-order chi connectivity index (χ0) is 19.5. The fourth-order valence-electron chi connectivity index (χ4n) is 2.79. The second-order valence-corrected chi connectivity index (χ2v) is 6.65. The summed E-state index contributed by atoms with van der Waals surface area (Å²) < 4.78 is 11.8. The molecule has 0 saturated heterocycles. The molecule has 28 heavy (non-hydrogen) atoms. The first kappa shape index (κ1) is 18.1. The highest BCUT2D eigenvalue weighted by Gasteiger charge is 2.13. The molecular formula is C20H16ClN3O4. The highest BCUT2D eigenvalue weighted by atomic mass is 35.5. The molecule has 0 aliphatic carbocycles. The minimum Gasteiger partial charge on any atom is -0.454 e. The fraction of sp³-hybridized carbons (Fsp3) is 0.150. The normalized spacial score (nSPS) is 12.0. The summed E-state index contributed by atoms with van der Waals surface area (Å²) in [7, 11) is 0. The summed E-state index contributed by atoms with van der Waals surface area (Å²) >= 11 is 5.87. The maximum atomic E-state index is 12.3. The zero-order valence-electron chi connectivity index (χ0n) is 14.7. The van der Waals surface area contributed by atoms with E-state index in [1.54, 1.807) is 30.3 Å². The standard InChI is InChI=1S/C20H16ClN3O4/c21-15-4-2-14(3-5-15)16-8-20(26)24(11-23-16)10-19(25)22-9-13-1-6-17-18(7-13)28-12-27-17/h1-8,11H,9-10,12H2,(H,22,25). The third kappa shape index (κ3) is 3.99. The SMILES string of the molecule is O=C(Cn1cnc(-c2ccc(Cl)cc2)cc1=O)NCc1ccc2c(c1)OCO2. The Morgan fingerprint density at radius 2 is 1.89 bits per heavy atom. The molecule has 0 fully saturated rings. The second-order valence-electron chi connectivity index (χ2n) is 6.21. The van der Waals surface area contributed by atoms with Gasteiger partial charge in [0.25, 0.3) is 5.56 Å². The average molecular weight is 398 g/mol. The highest BCUT2D eigenvalue weighted by molar-refractivity contribution is 6.30. The lowest BCUT2D eigenvalue weighted by Crippen LogP contribution is -2.31. The number of fused-ring (bicyclic) bond motifs is 1. The summed E-state index contributed by atoms with van der Waals surface area (Å²) in [5.74, 6) is 1.05. The van der Waals surface area contributed by atoms with Crippen molar-refractivity contribution in [3.8, 4) is 22.8 Å². The van der Waals surface area contributed by atoms with Gasteiger partial charge in [0, 0.05) is 23.2 Å². The van der Waals surface area contributed by atoms with Crippen LogP contribution in [-0.2, 0) is 17.9 Å². The molecule has 0 spiro atoms. The number of amides is 1. The molecule has 0 saturated carbocycles. The van der Waals surface area contributed by atoms with Gasteiger partial charge in [0.1, 0.15) is 6.54 Å². The van der Waals surface area contributed by atoms with Crippen LogP contribution in [0.2, 0.25) is 5.02 Å². The first-order chi connectivity index (χ1) is 13.6. The molecule has 0 radical (unpaired) electrons. The van der Waals surface area contributed by atoms with E-state index in [1.807, 2.05) is 12.1 Å². The van der Waals surface area contributed by atoms with Crippen molar-refractivity contribution in [1.82, 2.24) is 14.9 Å². The van der Waals surface area contributed by atoms with Gasteiger partial charge in [-0.3, -0.25) is 14.2 Å². The van der Waals surface area contributed by atoms with E-state index >= 15 is 0 Å². The van der Waals surface area contributed by atoms with Gasteiger partial charge in [0.2, 0.25) is 12.7 Å². The van der Waals surface area contributed by atoms with E-state index in [0.717, 1.165) is 11.1 Å². The Balaban J connectivity index is 1.39. The molecule has 1 aliphatic heterocycles. The molecule has 8 heteroatoms. The molecule has 4 rings (SSSR count). The third-order valence-corrected chi connectivity index (χ3v) is 4.51. The van der Waals surface area contributed by atoms with Crippen molar-refractivity contribution in [1.29, 1.82) is 0 Å². The number of benzene rings is 2. The van der Waals surface area contributed by atoms with Crippen LogP contribution in [0.15, 0.2) is 59.7 Å². The van der Waals surface area contributed by atoms with Gasteiger partial charge in [-0.2, -0.15) is 0 Å². The van der Waals surface area contributed by atoms with Crippen molar-refractivity contribution >= 4 is 17.5 Å². The van der Waals surface area contributed by atoms with Crippen molar-refractivity contribution in [3.63, 3.8) is 0 Å². The van der Waals surface area contributed by atoms with Crippen LogP contribution in [-0.4, -0.2) is 22.3 Å². The first-order valence-electron chi connectivity index (χ1n) is 8.56. The molecule has 1 amide bonds. The summed E-state index contributed by atoms with van der Waals surface area (Å²) in [4.78, 5) is 28.8. The molecule has 142 valence electrons. The molecule has 0 atom stereocenters. The molecule has 0 unspecified atom stereocenters. The van der Waals surface area contributed by atoms with E-state index in [9.17, 15) is 9.59 Å². The van der Waals surface area contributed by atoms with Crippen LogP contribution in [0.1, 0.15) is 5.56 Å². The fourth-order valence-corrected chi connectivity index (χ4v) is 2.91. The van der Waals surface area contributed by atoms with Gasteiger partial charge in [0.05, 0.1) is 12.0 Å². The molecular weight excluding hydrogens is 382 g/mol. The predicted octanol–water partition coefficient (Wildman–Crippen LogP) is 2.61. The maximum Gasteiger partial charge on any atom is 0.254 e. The summed E-state index contributed by atoms with van der Waals surface area (Å²) in [6.07, 6.45) is 1.37. The largest absolute Gasteiger partial charge is 0.454 e.